The number of carbonyl (C=O) groups is 1. The number of amides is 1. The third-order valence-electron chi connectivity index (χ3n) is 2.68. The molecule has 0 aliphatic rings. The largest absolute Gasteiger partial charge is 0.327 e. The highest BCUT2D eigenvalue weighted by Crippen LogP contribution is 2.18. The molecule has 1 atom stereocenters. The average molecular weight is 249 g/mol. The van der Waals surface area contributed by atoms with Crippen LogP contribution in [-0.2, 0) is 4.79 Å². The molecule has 1 aromatic carbocycles. The van der Waals surface area contributed by atoms with Crippen molar-refractivity contribution < 1.29 is 9.18 Å². The summed E-state index contributed by atoms with van der Waals surface area (Å²) in [6, 6.07) is 5.56. The average Bonchev–Trinajstić information content (AvgIpc) is 2.28. The highest BCUT2D eigenvalue weighted by atomic mass is 19.1. The van der Waals surface area contributed by atoms with Gasteiger partial charge in [-0.15, -0.1) is 0 Å². The molecule has 0 radical (unpaired) electrons. The van der Waals surface area contributed by atoms with Crippen molar-refractivity contribution in [3.63, 3.8) is 0 Å². The van der Waals surface area contributed by atoms with Crippen LogP contribution in [0.15, 0.2) is 18.2 Å². The Morgan fingerprint density at radius 1 is 1.56 bits per heavy atom. The second-order valence-electron chi connectivity index (χ2n) is 4.43. The van der Waals surface area contributed by atoms with E-state index in [1.54, 1.807) is 6.07 Å². The first-order valence-electron chi connectivity index (χ1n) is 5.69. The van der Waals surface area contributed by atoms with Crippen molar-refractivity contribution in [2.45, 2.75) is 26.3 Å². The minimum absolute atomic E-state index is 0.138. The Hall–Kier alpha value is -1.93. The van der Waals surface area contributed by atoms with Crippen LogP contribution in [0.4, 0.5) is 10.1 Å². The molecule has 1 unspecified atom stereocenters. The molecule has 0 aliphatic carbocycles. The van der Waals surface area contributed by atoms with Gasteiger partial charge < -0.3 is 11.1 Å². The summed E-state index contributed by atoms with van der Waals surface area (Å²) in [7, 11) is 0. The summed E-state index contributed by atoms with van der Waals surface area (Å²) in [6.07, 6.45) is 0.138. The topological polar surface area (TPSA) is 78.9 Å². The maximum Gasteiger partial charge on any atom is 0.225 e. The van der Waals surface area contributed by atoms with Crippen LogP contribution < -0.4 is 11.1 Å². The van der Waals surface area contributed by atoms with E-state index in [0.29, 0.717) is 0 Å². The van der Waals surface area contributed by atoms with Crippen molar-refractivity contribution in [3.8, 4) is 6.07 Å². The number of benzene rings is 1. The van der Waals surface area contributed by atoms with Gasteiger partial charge in [0, 0.05) is 12.5 Å². The summed E-state index contributed by atoms with van der Waals surface area (Å²) < 4.78 is 13.3. The zero-order chi connectivity index (χ0) is 13.7. The SMILES string of the molecule is CC(C)C(N)CC(=O)Nc1cccc(F)c1C#N. The molecule has 3 N–H and O–H groups in total. The van der Waals surface area contributed by atoms with E-state index in [4.69, 9.17) is 11.0 Å². The lowest BCUT2D eigenvalue weighted by Crippen LogP contribution is -2.31. The van der Waals surface area contributed by atoms with E-state index >= 15 is 0 Å². The molecule has 96 valence electrons. The zero-order valence-electron chi connectivity index (χ0n) is 10.4. The number of anilines is 1. The van der Waals surface area contributed by atoms with Crippen LogP contribution in [0, 0.1) is 23.1 Å². The number of rotatable bonds is 4. The van der Waals surface area contributed by atoms with Crippen molar-refractivity contribution in [2.24, 2.45) is 11.7 Å². The summed E-state index contributed by atoms with van der Waals surface area (Å²) in [5, 5.41) is 11.3. The quantitative estimate of drug-likeness (QED) is 0.856. The Kier molecular flexibility index (Phi) is 4.81. The standard InChI is InChI=1S/C13H16FN3O/c1-8(2)11(16)6-13(18)17-12-5-3-4-10(14)9(12)7-15/h3-5,8,11H,6,16H2,1-2H3,(H,17,18). The summed E-state index contributed by atoms with van der Waals surface area (Å²) in [4.78, 5) is 11.7. The lowest BCUT2D eigenvalue weighted by atomic mass is 10.0. The second-order valence-corrected chi connectivity index (χ2v) is 4.43. The first-order valence-corrected chi connectivity index (χ1v) is 5.69. The number of nitrogens with one attached hydrogen (secondary N) is 1. The van der Waals surface area contributed by atoms with Gasteiger partial charge in [-0.05, 0) is 18.1 Å². The molecule has 0 fully saturated rings. The number of nitriles is 1. The normalized spacial score (nSPS) is 12.0. The van der Waals surface area contributed by atoms with Crippen molar-refractivity contribution in [2.75, 3.05) is 5.32 Å². The van der Waals surface area contributed by atoms with E-state index in [2.05, 4.69) is 5.32 Å². The predicted octanol–water partition coefficient (Wildman–Crippen LogP) is 2.01. The number of hydrogen-bond donors (Lipinski definition) is 2. The van der Waals surface area contributed by atoms with Crippen LogP contribution in [0.2, 0.25) is 0 Å². The molecule has 1 aromatic rings. The van der Waals surface area contributed by atoms with E-state index in [-0.39, 0.29) is 35.5 Å². The monoisotopic (exact) mass is 249 g/mol. The van der Waals surface area contributed by atoms with Gasteiger partial charge in [0.1, 0.15) is 17.4 Å². The van der Waals surface area contributed by atoms with Gasteiger partial charge in [-0.2, -0.15) is 5.26 Å². The molecule has 5 heteroatoms. The minimum atomic E-state index is -0.650. The molecule has 18 heavy (non-hydrogen) atoms. The van der Waals surface area contributed by atoms with Crippen molar-refractivity contribution >= 4 is 11.6 Å². The van der Waals surface area contributed by atoms with Gasteiger partial charge in [0.15, 0.2) is 0 Å². The second kappa shape index (κ2) is 6.12. The minimum Gasteiger partial charge on any atom is -0.327 e. The Labute approximate surface area is 106 Å². The van der Waals surface area contributed by atoms with Gasteiger partial charge >= 0.3 is 0 Å². The maximum absolute atomic E-state index is 13.3. The molecule has 0 aromatic heterocycles. The van der Waals surface area contributed by atoms with E-state index in [1.165, 1.54) is 18.2 Å². The third kappa shape index (κ3) is 3.54. The molecular weight excluding hydrogens is 233 g/mol. The molecule has 1 amide bonds. The zero-order valence-corrected chi connectivity index (χ0v) is 10.4. The van der Waals surface area contributed by atoms with Gasteiger partial charge in [-0.25, -0.2) is 4.39 Å². The van der Waals surface area contributed by atoms with Crippen LogP contribution in [-0.4, -0.2) is 11.9 Å². The molecule has 0 spiro atoms. The fourth-order valence-corrected chi connectivity index (χ4v) is 1.39. The van der Waals surface area contributed by atoms with E-state index < -0.39 is 5.82 Å². The third-order valence-corrected chi connectivity index (χ3v) is 2.68. The Bertz CT molecular complexity index is 480. The lowest BCUT2D eigenvalue weighted by Gasteiger charge is -2.15. The summed E-state index contributed by atoms with van der Waals surface area (Å²) in [5.41, 5.74) is 5.79. The van der Waals surface area contributed by atoms with Gasteiger partial charge in [0.2, 0.25) is 5.91 Å². The van der Waals surface area contributed by atoms with Gasteiger partial charge in [0.25, 0.3) is 0 Å². The Morgan fingerprint density at radius 2 is 2.22 bits per heavy atom. The lowest BCUT2D eigenvalue weighted by molar-refractivity contribution is -0.116. The van der Waals surface area contributed by atoms with Gasteiger partial charge in [-0.3, -0.25) is 4.79 Å². The summed E-state index contributed by atoms with van der Waals surface area (Å²) >= 11 is 0. The first-order chi connectivity index (χ1) is 8.45. The highest BCUT2D eigenvalue weighted by molar-refractivity contribution is 5.92. The number of halogens is 1. The molecule has 0 heterocycles. The van der Waals surface area contributed by atoms with Crippen LogP contribution in [0.3, 0.4) is 0 Å². The van der Waals surface area contributed by atoms with E-state index in [9.17, 15) is 9.18 Å². The predicted molar refractivity (Wildman–Crippen MR) is 67.2 cm³/mol. The molecule has 4 nitrogen and oxygen atoms in total. The Morgan fingerprint density at radius 3 is 2.78 bits per heavy atom. The Balaban J connectivity index is 2.77. The van der Waals surface area contributed by atoms with Crippen LogP contribution in [0.25, 0.3) is 0 Å². The maximum atomic E-state index is 13.3. The summed E-state index contributed by atoms with van der Waals surface area (Å²) in [5.74, 6) is -0.791. The van der Waals surface area contributed by atoms with Crippen molar-refractivity contribution in [3.05, 3.63) is 29.6 Å². The highest BCUT2D eigenvalue weighted by Gasteiger charge is 2.15. The van der Waals surface area contributed by atoms with Gasteiger partial charge in [-0.1, -0.05) is 19.9 Å². The van der Waals surface area contributed by atoms with Crippen LogP contribution in [0.1, 0.15) is 25.8 Å². The first kappa shape index (κ1) is 14.1. The fraction of sp³-hybridized carbons (Fsp3) is 0.385. The molecule has 0 bridgehead atoms. The van der Waals surface area contributed by atoms with Gasteiger partial charge in [0.05, 0.1) is 5.69 Å². The number of nitrogens with two attached hydrogens (primary N) is 1. The number of hydrogen-bond acceptors (Lipinski definition) is 3. The van der Waals surface area contributed by atoms with Crippen molar-refractivity contribution in [1.82, 2.24) is 0 Å². The molecule has 0 saturated carbocycles. The molecule has 0 aliphatic heterocycles. The number of nitrogens with zero attached hydrogens (tertiary/aromatic N) is 1. The summed E-state index contributed by atoms with van der Waals surface area (Å²) in [6.45, 7) is 3.83. The van der Waals surface area contributed by atoms with E-state index in [1.807, 2.05) is 13.8 Å². The van der Waals surface area contributed by atoms with Crippen LogP contribution in [0.5, 0.6) is 0 Å². The fourth-order valence-electron chi connectivity index (χ4n) is 1.39. The van der Waals surface area contributed by atoms with Crippen LogP contribution >= 0.6 is 0 Å². The molecule has 1 rings (SSSR count). The molecule has 0 saturated heterocycles. The number of carbonyl (C=O) groups excluding carboxylic acids is 1. The van der Waals surface area contributed by atoms with E-state index in [0.717, 1.165) is 0 Å². The smallest absolute Gasteiger partial charge is 0.225 e. The molecular formula is C13H16FN3O. The van der Waals surface area contributed by atoms with Crippen molar-refractivity contribution in [1.29, 1.82) is 5.26 Å².